The second kappa shape index (κ2) is 8.01. The van der Waals surface area contributed by atoms with Gasteiger partial charge in [-0.25, -0.2) is 9.78 Å². The third kappa shape index (κ3) is 3.74. The molecule has 154 valence electrons. The van der Waals surface area contributed by atoms with Crippen molar-refractivity contribution in [1.29, 1.82) is 0 Å². The minimum atomic E-state index is -0.819. The molecule has 4 rings (SSSR count). The molecule has 1 aliphatic rings. The van der Waals surface area contributed by atoms with Gasteiger partial charge in [0, 0.05) is 28.7 Å². The largest absolute Gasteiger partial charge is 0.454 e. The molecule has 3 heterocycles. The van der Waals surface area contributed by atoms with Crippen LogP contribution in [0.4, 0.5) is 0 Å². The third-order valence-corrected chi connectivity index (χ3v) is 5.20. The van der Waals surface area contributed by atoms with Gasteiger partial charge in [0.1, 0.15) is 5.15 Å². The van der Waals surface area contributed by atoms with Crippen LogP contribution in [-0.4, -0.2) is 34.7 Å². The van der Waals surface area contributed by atoms with Gasteiger partial charge in [0.15, 0.2) is 23.8 Å². The summed E-state index contributed by atoms with van der Waals surface area (Å²) in [7, 11) is 0. The van der Waals surface area contributed by atoms with Crippen LogP contribution in [0.25, 0.3) is 5.69 Å². The lowest BCUT2D eigenvalue weighted by Gasteiger charge is -2.11. The smallest absolute Gasteiger partial charge is 0.359 e. The van der Waals surface area contributed by atoms with Crippen LogP contribution in [0, 0.1) is 13.8 Å². The number of pyridine rings is 1. The van der Waals surface area contributed by atoms with E-state index in [1.165, 1.54) is 12.1 Å². The molecule has 0 fully saturated rings. The molecule has 0 saturated heterocycles. The van der Waals surface area contributed by atoms with E-state index in [1.807, 2.05) is 36.6 Å². The molecule has 0 radical (unpaired) electrons. The summed E-state index contributed by atoms with van der Waals surface area (Å²) < 4.78 is 17.8. The second-order valence-electron chi connectivity index (χ2n) is 6.62. The Bertz CT molecular complexity index is 1170. The first-order valence-electron chi connectivity index (χ1n) is 8.96. The predicted octanol–water partition coefficient (Wildman–Crippen LogP) is 4.56. The number of benzene rings is 1. The fourth-order valence-electron chi connectivity index (χ4n) is 3.31. The standard InChI is InChI=1S/C21H16Cl2N2O5/c1-11-7-14(12(2)25(11)13-3-5-17-18(8-13)30-10-29-17)16(26)9-28-21(27)20-15(22)4-6-19(23)24-20/h3-8H,9-10H2,1-2H3. The molecule has 9 heteroatoms. The monoisotopic (exact) mass is 446 g/mol. The SMILES string of the molecule is Cc1cc(C(=O)COC(=O)c2nc(Cl)ccc2Cl)c(C)n1-c1ccc2c(c1)OCO2. The Labute approximate surface area is 182 Å². The van der Waals surface area contributed by atoms with Crippen molar-refractivity contribution in [3.8, 4) is 17.2 Å². The van der Waals surface area contributed by atoms with Gasteiger partial charge >= 0.3 is 5.97 Å². The molecule has 2 aromatic heterocycles. The predicted molar refractivity (Wildman–Crippen MR) is 110 cm³/mol. The molecule has 1 aromatic carbocycles. The van der Waals surface area contributed by atoms with Crippen molar-refractivity contribution in [2.24, 2.45) is 0 Å². The molecule has 3 aromatic rings. The number of ketones is 1. The Balaban J connectivity index is 1.53. The van der Waals surface area contributed by atoms with Gasteiger partial charge in [0.2, 0.25) is 12.6 Å². The number of Topliss-reactive ketones (excluding diaryl/α,β-unsaturated/α-hetero) is 1. The lowest BCUT2D eigenvalue weighted by molar-refractivity contribution is 0.0469. The van der Waals surface area contributed by atoms with E-state index in [4.69, 9.17) is 37.4 Å². The van der Waals surface area contributed by atoms with Crippen molar-refractivity contribution in [2.75, 3.05) is 13.4 Å². The highest BCUT2D eigenvalue weighted by molar-refractivity contribution is 6.34. The molecule has 0 bridgehead atoms. The van der Waals surface area contributed by atoms with E-state index >= 15 is 0 Å². The topological polar surface area (TPSA) is 79.7 Å². The fraction of sp³-hybridized carbons (Fsp3) is 0.190. The first-order chi connectivity index (χ1) is 14.3. The summed E-state index contributed by atoms with van der Waals surface area (Å²) in [5, 5.41) is 0.197. The summed E-state index contributed by atoms with van der Waals surface area (Å²) in [6, 6.07) is 10.2. The molecule has 0 amide bonds. The van der Waals surface area contributed by atoms with E-state index in [-0.39, 0.29) is 28.4 Å². The van der Waals surface area contributed by atoms with Crippen molar-refractivity contribution in [1.82, 2.24) is 9.55 Å². The summed E-state index contributed by atoms with van der Waals surface area (Å²) >= 11 is 11.7. The van der Waals surface area contributed by atoms with Crippen LogP contribution >= 0.6 is 23.2 Å². The van der Waals surface area contributed by atoms with Gasteiger partial charge in [-0.2, -0.15) is 0 Å². The van der Waals surface area contributed by atoms with E-state index in [9.17, 15) is 9.59 Å². The van der Waals surface area contributed by atoms with Crippen LogP contribution in [0.3, 0.4) is 0 Å². The number of hydrogen-bond acceptors (Lipinski definition) is 6. The van der Waals surface area contributed by atoms with Crippen LogP contribution in [0.15, 0.2) is 36.4 Å². The number of halogens is 2. The summed E-state index contributed by atoms with van der Waals surface area (Å²) in [5.74, 6) is 0.160. The zero-order valence-corrected chi connectivity index (χ0v) is 17.6. The average Bonchev–Trinajstić information content (AvgIpc) is 3.30. The van der Waals surface area contributed by atoms with Crippen LogP contribution in [0.2, 0.25) is 10.2 Å². The fourth-order valence-corrected chi connectivity index (χ4v) is 3.64. The number of hydrogen-bond donors (Lipinski definition) is 0. The van der Waals surface area contributed by atoms with Gasteiger partial charge in [-0.15, -0.1) is 0 Å². The first kappa shape index (κ1) is 20.3. The minimum Gasteiger partial charge on any atom is -0.454 e. The van der Waals surface area contributed by atoms with Gasteiger partial charge in [-0.3, -0.25) is 4.79 Å². The molecule has 0 saturated carbocycles. The molecule has 1 aliphatic heterocycles. The highest BCUT2D eigenvalue weighted by Crippen LogP contribution is 2.35. The Morgan fingerprint density at radius 3 is 2.67 bits per heavy atom. The number of ether oxygens (including phenoxy) is 3. The van der Waals surface area contributed by atoms with E-state index in [1.54, 1.807) is 6.07 Å². The number of nitrogens with zero attached hydrogens (tertiary/aromatic N) is 2. The summed E-state index contributed by atoms with van der Waals surface area (Å²) in [4.78, 5) is 28.8. The van der Waals surface area contributed by atoms with Crippen molar-refractivity contribution < 1.29 is 23.8 Å². The normalized spacial score (nSPS) is 12.1. The summed E-state index contributed by atoms with van der Waals surface area (Å²) in [6.07, 6.45) is 0. The lowest BCUT2D eigenvalue weighted by atomic mass is 10.1. The molecular weight excluding hydrogens is 431 g/mol. The van der Waals surface area contributed by atoms with Crippen molar-refractivity contribution in [3.63, 3.8) is 0 Å². The zero-order valence-electron chi connectivity index (χ0n) is 16.1. The Morgan fingerprint density at radius 2 is 1.87 bits per heavy atom. The minimum absolute atomic E-state index is 0.0952. The first-order valence-corrected chi connectivity index (χ1v) is 9.72. The van der Waals surface area contributed by atoms with Crippen molar-refractivity contribution >= 4 is 35.0 Å². The van der Waals surface area contributed by atoms with Crippen molar-refractivity contribution in [3.05, 3.63) is 69.2 Å². The molecule has 30 heavy (non-hydrogen) atoms. The van der Waals surface area contributed by atoms with Gasteiger partial charge in [-0.1, -0.05) is 23.2 Å². The molecule has 7 nitrogen and oxygen atoms in total. The van der Waals surface area contributed by atoms with Crippen LogP contribution in [0.5, 0.6) is 11.5 Å². The van der Waals surface area contributed by atoms with Crippen molar-refractivity contribution in [2.45, 2.75) is 13.8 Å². The maximum atomic E-state index is 12.7. The number of carbonyl (C=O) groups excluding carboxylic acids is 2. The zero-order chi connectivity index (χ0) is 21.4. The highest BCUT2D eigenvalue weighted by Gasteiger charge is 2.22. The number of aryl methyl sites for hydroxylation is 1. The molecular formula is C21H16Cl2N2O5. The van der Waals surface area contributed by atoms with Gasteiger partial charge in [-0.05, 0) is 44.2 Å². The van der Waals surface area contributed by atoms with Gasteiger partial charge in [0.25, 0.3) is 0 Å². The summed E-state index contributed by atoms with van der Waals surface area (Å²) in [6.45, 7) is 3.44. The molecule has 0 aliphatic carbocycles. The van der Waals surface area contributed by atoms with E-state index in [0.29, 0.717) is 22.8 Å². The molecule has 0 spiro atoms. The Hall–Kier alpha value is -3.03. The van der Waals surface area contributed by atoms with Gasteiger partial charge < -0.3 is 18.8 Å². The highest BCUT2D eigenvalue weighted by atomic mass is 35.5. The van der Waals surface area contributed by atoms with Crippen LogP contribution in [-0.2, 0) is 4.74 Å². The summed E-state index contributed by atoms with van der Waals surface area (Å²) in [5.41, 5.74) is 2.71. The number of aromatic nitrogens is 2. The van der Waals surface area contributed by atoms with E-state index in [0.717, 1.165) is 11.4 Å². The third-order valence-electron chi connectivity index (χ3n) is 4.69. The average molecular weight is 447 g/mol. The lowest BCUT2D eigenvalue weighted by Crippen LogP contribution is -2.16. The number of fused-ring (bicyclic) bond motifs is 1. The number of esters is 1. The van der Waals surface area contributed by atoms with Crippen LogP contribution < -0.4 is 9.47 Å². The molecule has 0 N–H and O–H groups in total. The Kier molecular flexibility index (Phi) is 5.40. The quantitative estimate of drug-likeness (QED) is 0.324. The van der Waals surface area contributed by atoms with E-state index < -0.39 is 12.6 Å². The second-order valence-corrected chi connectivity index (χ2v) is 7.42. The number of rotatable bonds is 5. The molecule has 0 atom stereocenters. The maximum absolute atomic E-state index is 12.7. The maximum Gasteiger partial charge on any atom is 0.359 e. The number of carbonyl (C=O) groups is 2. The molecule has 0 unspecified atom stereocenters. The Morgan fingerprint density at radius 1 is 1.10 bits per heavy atom. The van der Waals surface area contributed by atoms with Gasteiger partial charge in [0.05, 0.1) is 5.02 Å². The van der Waals surface area contributed by atoms with Crippen LogP contribution in [0.1, 0.15) is 32.2 Å². The van der Waals surface area contributed by atoms with E-state index in [2.05, 4.69) is 4.98 Å².